The average Bonchev–Trinajstić information content (AvgIpc) is 3.77. The maximum absolute atomic E-state index is 13.9. The monoisotopic (exact) mass is 682 g/mol. The van der Waals surface area contributed by atoms with E-state index in [9.17, 15) is 19.2 Å². The van der Waals surface area contributed by atoms with Crippen molar-refractivity contribution < 1.29 is 28.7 Å². The van der Waals surface area contributed by atoms with Crippen LogP contribution in [0.2, 0.25) is 0 Å². The second-order valence-corrected chi connectivity index (χ2v) is 14.0. The van der Waals surface area contributed by atoms with Crippen LogP contribution >= 0.6 is 0 Å². The van der Waals surface area contributed by atoms with Gasteiger partial charge in [-0.2, -0.15) is 5.10 Å². The number of ether oxygens (including phenoxy) is 2. The van der Waals surface area contributed by atoms with Crippen molar-refractivity contribution in [2.75, 3.05) is 25.0 Å². The van der Waals surface area contributed by atoms with Crippen LogP contribution in [-0.2, 0) is 30.5 Å². The van der Waals surface area contributed by atoms with E-state index in [1.807, 2.05) is 77.7 Å². The molecule has 2 heterocycles. The van der Waals surface area contributed by atoms with Crippen molar-refractivity contribution in [1.82, 2.24) is 25.3 Å². The molecule has 264 valence electrons. The Morgan fingerprint density at radius 2 is 1.56 bits per heavy atom. The Kier molecular flexibility index (Phi) is 11.2. The molecular weight excluding hydrogens is 636 g/mol. The fraction of sp³-hybridized carbons (Fsp3) is 0.395. The van der Waals surface area contributed by atoms with Crippen LogP contribution in [0.5, 0.6) is 0 Å². The van der Waals surface area contributed by atoms with Crippen molar-refractivity contribution in [2.24, 2.45) is 0 Å². The van der Waals surface area contributed by atoms with Crippen LogP contribution in [0.3, 0.4) is 0 Å². The molecule has 0 saturated carbocycles. The number of carbonyl (C=O) groups excluding carboxylic acids is 4. The normalized spacial score (nSPS) is 14.5. The number of hydrogen-bond donors (Lipinski definition) is 3. The molecule has 1 aromatic heterocycles. The van der Waals surface area contributed by atoms with Gasteiger partial charge in [0.2, 0.25) is 11.8 Å². The van der Waals surface area contributed by atoms with Crippen LogP contribution in [0.15, 0.2) is 85.2 Å². The first kappa shape index (κ1) is 36.1. The van der Waals surface area contributed by atoms with Crippen LogP contribution in [0.1, 0.15) is 64.6 Å². The summed E-state index contributed by atoms with van der Waals surface area (Å²) in [6.07, 6.45) is 4.21. The highest BCUT2D eigenvalue weighted by Gasteiger charge is 2.35. The highest BCUT2D eigenvalue weighted by molar-refractivity contribution is 5.99. The van der Waals surface area contributed by atoms with E-state index < -0.39 is 41.1 Å². The van der Waals surface area contributed by atoms with Gasteiger partial charge in [0.1, 0.15) is 17.2 Å². The number of benzene rings is 3. The first-order chi connectivity index (χ1) is 23.8. The molecule has 0 radical (unpaired) electrons. The molecule has 5 rings (SSSR count). The molecule has 1 aliphatic rings. The summed E-state index contributed by atoms with van der Waals surface area (Å²) in [6.45, 7) is 9.60. The largest absolute Gasteiger partial charge is 0.444 e. The molecule has 3 aromatic carbocycles. The van der Waals surface area contributed by atoms with E-state index in [0.717, 1.165) is 34.7 Å². The van der Waals surface area contributed by atoms with E-state index >= 15 is 0 Å². The van der Waals surface area contributed by atoms with Crippen molar-refractivity contribution in [3.05, 3.63) is 96.3 Å². The van der Waals surface area contributed by atoms with Gasteiger partial charge in [0.05, 0.1) is 25.1 Å². The molecule has 4 amide bonds. The minimum atomic E-state index is -1.42. The standard InChI is InChI=1S/C38H46N6O6/c1-37(2,3)50-36(48)42-38(4,5)35(47)41-31(25-49-24-26-13-7-6-8-14-26)33(45)40-30-22-39-44(23-30)32(34(46)43-19-11-12-20-43)29-18-17-27-15-9-10-16-28(27)21-29/h6-10,13-18,21-23,31-32H,11-12,19-20,24-25H2,1-5H3,(H,40,45)(H,41,47)(H,42,48)/t31-,32?/m1/s1. The van der Waals surface area contributed by atoms with E-state index in [0.29, 0.717) is 18.8 Å². The lowest BCUT2D eigenvalue weighted by atomic mass is 10.0. The minimum absolute atomic E-state index is 0.0714. The first-order valence-corrected chi connectivity index (χ1v) is 16.9. The predicted octanol–water partition coefficient (Wildman–Crippen LogP) is 5.19. The summed E-state index contributed by atoms with van der Waals surface area (Å²) in [4.78, 5) is 55.4. The molecule has 3 N–H and O–H groups in total. The third-order valence-corrected chi connectivity index (χ3v) is 8.27. The molecule has 4 aromatic rings. The molecule has 0 bridgehead atoms. The number of aromatic nitrogens is 2. The van der Waals surface area contributed by atoms with Crippen molar-refractivity contribution >= 4 is 40.3 Å². The van der Waals surface area contributed by atoms with Gasteiger partial charge in [-0.25, -0.2) is 4.79 Å². The Hall–Kier alpha value is -5.23. The Morgan fingerprint density at radius 1 is 0.880 bits per heavy atom. The Morgan fingerprint density at radius 3 is 2.26 bits per heavy atom. The first-order valence-electron chi connectivity index (χ1n) is 16.9. The van der Waals surface area contributed by atoms with Gasteiger partial charge < -0.3 is 30.3 Å². The lowest BCUT2D eigenvalue weighted by Crippen LogP contribution is -2.59. The van der Waals surface area contributed by atoms with Gasteiger partial charge in [0.15, 0.2) is 6.04 Å². The predicted molar refractivity (Wildman–Crippen MR) is 190 cm³/mol. The van der Waals surface area contributed by atoms with Crippen LogP contribution in [0.4, 0.5) is 10.5 Å². The van der Waals surface area contributed by atoms with Gasteiger partial charge in [-0.15, -0.1) is 0 Å². The molecular formula is C38H46N6O6. The fourth-order valence-electron chi connectivity index (χ4n) is 5.68. The summed E-state index contributed by atoms with van der Waals surface area (Å²) in [5.74, 6) is -1.25. The molecule has 2 atom stereocenters. The summed E-state index contributed by atoms with van der Waals surface area (Å²) in [7, 11) is 0. The molecule has 0 aliphatic carbocycles. The number of hydrogen-bond acceptors (Lipinski definition) is 7. The lowest BCUT2D eigenvalue weighted by Gasteiger charge is -2.29. The quantitative estimate of drug-likeness (QED) is 0.187. The van der Waals surface area contributed by atoms with Gasteiger partial charge >= 0.3 is 6.09 Å². The van der Waals surface area contributed by atoms with Gasteiger partial charge in [0, 0.05) is 19.3 Å². The van der Waals surface area contributed by atoms with Crippen LogP contribution < -0.4 is 16.0 Å². The number of nitrogens with zero attached hydrogens (tertiary/aromatic N) is 3. The van der Waals surface area contributed by atoms with E-state index in [1.165, 1.54) is 20.0 Å². The van der Waals surface area contributed by atoms with E-state index in [-0.39, 0.29) is 19.1 Å². The minimum Gasteiger partial charge on any atom is -0.444 e. The topological polar surface area (TPSA) is 144 Å². The summed E-state index contributed by atoms with van der Waals surface area (Å²) in [5, 5.41) is 14.7. The van der Waals surface area contributed by atoms with E-state index in [4.69, 9.17) is 9.47 Å². The third-order valence-electron chi connectivity index (χ3n) is 8.27. The summed E-state index contributed by atoms with van der Waals surface area (Å²) < 4.78 is 12.8. The molecule has 12 nitrogen and oxygen atoms in total. The van der Waals surface area contributed by atoms with Gasteiger partial charge in [0.25, 0.3) is 5.91 Å². The van der Waals surface area contributed by atoms with Gasteiger partial charge in [-0.1, -0.05) is 66.7 Å². The average molecular weight is 683 g/mol. The van der Waals surface area contributed by atoms with Crippen LogP contribution in [-0.4, -0.2) is 75.4 Å². The number of amides is 4. The zero-order valence-electron chi connectivity index (χ0n) is 29.3. The molecule has 1 saturated heterocycles. The number of anilines is 1. The maximum atomic E-state index is 13.9. The molecule has 1 unspecified atom stereocenters. The Bertz CT molecular complexity index is 1810. The van der Waals surface area contributed by atoms with Crippen molar-refractivity contribution in [2.45, 2.75) is 77.3 Å². The summed E-state index contributed by atoms with van der Waals surface area (Å²) in [5.41, 5.74) is -0.173. The van der Waals surface area contributed by atoms with E-state index in [2.05, 4.69) is 21.0 Å². The van der Waals surface area contributed by atoms with Gasteiger partial charge in [-0.3, -0.25) is 19.1 Å². The molecule has 12 heteroatoms. The number of alkyl carbamates (subject to hydrolysis) is 1. The lowest BCUT2D eigenvalue weighted by molar-refractivity contribution is -0.132. The van der Waals surface area contributed by atoms with Crippen molar-refractivity contribution in [3.8, 4) is 0 Å². The van der Waals surface area contributed by atoms with Crippen LogP contribution in [0.25, 0.3) is 10.8 Å². The molecule has 50 heavy (non-hydrogen) atoms. The fourth-order valence-corrected chi connectivity index (χ4v) is 5.68. The summed E-state index contributed by atoms with van der Waals surface area (Å²) in [6, 6.07) is 21.4. The Labute approximate surface area is 292 Å². The highest BCUT2D eigenvalue weighted by Crippen LogP contribution is 2.27. The van der Waals surface area contributed by atoms with Crippen LogP contribution in [0, 0.1) is 0 Å². The second kappa shape index (κ2) is 15.5. The number of likely N-dealkylation sites (tertiary alicyclic amines) is 1. The maximum Gasteiger partial charge on any atom is 0.408 e. The highest BCUT2D eigenvalue weighted by atomic mass is 16.6. The third kappa shape index (κ3) is 9.47. The van der Waals surface area contributed by atoms with Gasteiger partial charge in [-0.05, 0) is 75.4 Å². The Balaban J connectivity index is 1.35. The number of carbonyl (C=O) groups is 4. The number of rotatable bonds is 12. The zero-order valence-corrected chi connectivity index (χ0v) is 29.3. The second-order valence-electron chi connectivity index (χ2n) is 14.0. The SMILES string of the molecule is CC(C)(C)OC(=O)NC(C)(C)C(=O)N[C@H](COCc1ccccc1)C(=O)Nc1cnn(C(C(=O)N2CCCC2)c2ccc3ccccc3c2)c1. The van der Waals surface area contributed by atoms with Crippen molar-refractivity contribution in [3.63, 3.8) is 0 Å². The molecule has 0 spiro atoms. The van der Waals surface area contributed by atoms with Crippen molar-refractivity contribution in [1.29, 1.82) is 0 Å². The summed E-state index contributed by atoms with van der Waals surface area (Å²) >= 11 is 0. The number of nitrogens with one attached hydrogen (secondary N) is 3. The number of fused-ring (bicyclic) bond motifs is 1. The molecule has 1 fully saturated rings. The van der Waals surface area contributed by atoms with E-state index in [1.54, 1.807) is 31.6 Å². The zero-order chi connectivity index (χ0) is 35.9. The smallest absolute Gasteiger partial charge is 0.408 e. The molecule has 1 aliphatic heterocycles.